The summed E-state index contributed by atoms with van der Waals surface area (Å²) in [5, 5.41) is 8.38. The van der Waals surface area contributed by atoms with Gasteiger partial charge < -0.3 is 15.4 Å². The van der Waals surface area contributed by atoms with Crippen LogP contribution in [0.1, 0.15) is 12.8 Å². The highest BCUT2D eigenvalue weighted by molar-refractivity contribution is 7.99. The van der Waals surface area contributed by atoms with Crippen molar-refractivity contribution >= 4 is 34.8 Å². The predicted octanol–water partition coefficient (Wildman–Crippen LogP) is 2.49. The summed E-state index contributed by atoms with van der Waals surface area (Å²) in [5.41, 5.74) is 0.841. The fourth-order valence-corrected chi connectivity index (χ4v) is 2.99. The van der Waals surface area contributed by atoms with Crippen LogP contribution >= 0.6 is 24.0 Å². The molecule has 0 aromatic carbocycles. The molecule has 1 aliphatic rings. The van der Waals surface area contributed by atoms with Gasteiger partial charge in [-0.15, -0.1) is 0 Å². The molecule has 2 aromatic heterocycles. The van der Waals surface area contributed by atoms with E-state index < -0.39 is 0 Å². The maximum Gasteiger partial charge on any atom is 0.193 e. The SMILES string of the molecule is S=C(NC[C@@H]1CCCO1)Nc1ccc(Sc2ncccn2)nc1. The van der Waals surface area contributed by atoms with Crippen LogP contribution in [0, 0.1) is 0 Å². The van der Waals surface area contributed by atoms with Crippen LogP contribution in [0.3, 0.4) is 0 Å². The summed E-state index contributed by atoms with van der Waals surface area (Å²) >= 11 is 6.69. The van der Waals surface area contributed by atoms with Crippen molar-refractivity contribution in [3.8, 4) is 0 Å². The summed E-state index contributed by atoms with van der Waals surface area (Å²) in [6, 6.07) is 5.62. The zero-order chi connectivity index (χ0) is 15.9. The third-order valence-electron chi connectivity index (χ3n) is 3.25. The molecule has 6 nitrogen and oxygen atoms in total. The fraction of sp³-hybridized carbons (Fsp3) is 0.333. The fourth-order valence-electron chi connectivity index (χ4n) is 2.13. The van der Waals surface area contributed by atoms with Crippen molar-refractivity contribution in [3.05, 3.63) is 36.8 Å². The molecule has 0 amide bonds. The molecule has 3 rings (SSSR count). The predicted molar refractivity (Wildman–Crippen MR) is 93.6 cm³/mol. The van der Waals surface area contributed by atoms with Gasteiger partial charge in [0.1, 0.15) is 5.03 Å². The minimum atomic E-state index is 0.262. The van der Waals surface area contributed by atoms with E-state index in [1.54, 1.807) is 24.7 Å². The average molecular weight is 347 g/mol. The van der Waals surface area contributed by atoms with Crippen LogP contribution in [-0.2, 0) is 4.74 Å². The van der Waals surface area contributed by atoms with Crippen molar-refractivity contribution in [2.45, 2.75) is 29.1 Å². The number of aromatic nitrogens is 3. The lowest BCUT2D eigenvalue weighted by atomic mass is 10.2. The second-order valence-electron chi connectivity index (χ2n) is 4.99. The zero-order valence-corrected chi connectivity index (χ0v) is 14.1. The van der Waals surface area contributed by atoms with Crippen molar-refractivity contribution in [1.29, 1.82) is 0 Å². The summed E-state index contributed by atoms with van der Waals surface area (Å²) in [5.74, 6) is 0. The number of anilines is 1. The molecular formula is C15H17N5OS2. The van der Waals surface area contributed by atoms with Gasteiger partial charge in [-0.2, -0.15) is 0 Å². The summed E-state index contributed by atoms with van der Waals surface area (Å²) in [7, 11) is 0. The number of nitrogens with zero attached hydrogens (tertiary/aromatic N) is 3. The number of pyridine rings is 1. The second-order valence-corrected chi connectivity index (χ2v) is 6.38. The lowest BCUT2D eigenvalue weighted by Gasteiger charge is -2.13. The van der Waals surface area contributed by atoms with Crippen LogP contribution in [0.15, 0.2) is 47.0 Å². The maximum absolute atomic E-state index is 5.55. The average Bonchev–Trinajstić information content (AvgIpc) is 3.09. The maximum atomic E-state index is 5.55. The van der Waals surface area contributed by atoms with Gasteiger partial charge in [-0.1, -0.05) is 0 Å². The molecule has 0 aliphatic carbocycles. The quantitative estimate of drug-likeness (QED) is 0.631. The first-order valence-electron chi connectivity index (χ1n) is 7.37. The Morgan fingerprint density at radius 1 is 1.30 bits per heavy atom. The Labute approximate surface area is 144 Å². The number of thiocarbonyl (C=S) groups is 1. The first-order chi connectivity index (χ1) is 11.3. The van der Waals surface area contributed by atoms with Crippen molar-refractivity contribution in [2.75, 3.05) is 18.5 Å². The largest absolute Gasteiger partial charge is 0.376 e. The van der Waals surface area contributed by atoms with Crippen LogP contribution in [0.5, 0.6) is 0 Å². The second kappa shape index (κ2) is 8.19. The number of hydrogen-bond acceptors (Lipinski definition) is 6. The molecule has 0 bridgehead atoms. The molecular weight excluding hydrogens is 330 g/mol. The van der Waals surface area contributed by atoms with E-state index >= 15 is 0 Å². The smallest absolute Gasteiger partial charge is 0.193 e. The van der Waals surface area contributed by atoms with Gasteiger partial charge in [-0.05, 0) is 55.0 Å². The minimum Gasteiger partial charge on any atom is -0.376 e. The molecule has 23 heavy (non-hydrogen) atoms. The van der Waals surface area contributed by atoms with E-state index in [1.165, 1.54) is 11.8 Å². The number of rotatable bonds is 5. The number of hydrogen-bond donors (Lipinski definition) is 2. The zero-order valence-electron chi connectivity index (χ0n) is 12.4. The standard InChI is InChI=1S/C15H17N5OS2/c22-14(19-10-12-3-1-8-21-12)20-11-4-5-13(18-9-11)23-15-16-6-2-7-17-15/h2,4-7,9,12H,1,3,8,10H2,(H2,19,20,22)/t12-/m0/s1. The van der Waals surface area contributed by atoms with Gasteiger partial charge in [0.2, 0.25) is 0 Å². The first kappa shape index (κ1) is 16.1. The van der Waals surface area contributed by atoms with Crippen molar-refractivity contribution in [1.82, 2.24) is 20.3 Å². The van der Waals surface area contributed by atoms with Gasteiger partial charge in [0.05, 0.1) is 18.0 Å². The van der Waals surface area contributed by atoms with E-state index in [0.29, 0.717) is 10.3 Å². The van der Waals surface area contributed by atoms with Crippen molar-refractivity contribution < 1.29 is 4.74 Å². The van der Waals surface area contributed by atoms with Gasteiger partial charge in [-0.25, -0.2) is 15.0 Å². The molecule has 0 spiro atoms. The van der Waals surface area contributed by atoms with Crippen molar-refractivity contribution in [3.63, 3.8) is 0 Å². The lowest BCUT2D eigenvalue weighted by Crippen LogP contribution is -2.34. The monoisotopic (exact) mass is 347 g/mol. The molecule has 1 fully saturated rings. The minimum absolute atomic E-state index is 0.262. The van der Waals surface area contributed by atoms with Gasteiger partial charge in [0.15, 0.2) is 10.3 Å². The third-order valence-corrected chi connectivity index (χ3v) is 4.34. The van der Waals surface area contributed by atoms with Gasteiger partial charge in [0.25, 0.3) is 0 Å². The van der Waals surface area contributed by atoms with Crippen LogP contribution in [0.4, 0.5) is 5.69 Å². The van der Waals surface area contributed by atoms with Crippen LogP contribution in [0.2, 0.25) is 0 Å². The number of ether oxygens (including phenoxy) is 1. The molecule has 0 radical (unpaired) electrons. The van der Waals surface area contributed by atoms with E-state index in [1.807, 2.05) is 12.1 Å². The van der Waals surface area contributed by atoms with Crippen LogP contribution in [0.25, 0.3) is 0 Å². The normalized spacial score (nSPS) is 17.0. The molecule has 3 heterocycles. The topological polar surface area (TPSA) is 72.0 Å². The highest BCUT2D eigenvalue weighted by Crippen LogP contribution is 2.22. The summed E-state index contributed by atoms with van der Waals surface area (Å²) < 4.78 is 5.55. The molecule has 2 N–H and O–H groups in total. The molecule has 1 atom stereocenters. The Bertz CT molecular complexity index is 632. The van der Waals surface area contributed by atoms with Crippen LogP contribution in [-0.4, -0.2) is 39.3 Å². The van der Waals surface area contributed by atoms with E-state index in [-0.39, 0.29) is 6.10 Å². The Morgan fingerprint density at radius 2 is 2.17 bits per heavy atom. The lowest BCUT2D eigenvalue weighted by molar-refractivity contribution is 0.114. The highest BCUT2D eigenvalue weighted by Gasteiger charge is 2.15. The Morgan fingerprint density at radius 3 is 2.87 bits per heavy atom. The Kier molecular flexibility index (Phi) is 5.73. The molecule has 1 saturated heterocycles. The molecule has 120 valence electrons. The summed E-state index contributed by atoms with van der Waals surface area (Å²) in [6.07, 6.45) is 7.64. The van der Waals surface area contributed by atoms with Gasteiger partial charge in [0, 0.05) is 25.5 Å². The molecule has 2 aromatic rings. The summed E-state index contributed by atoms with van der Waals surface area (Å²) in [6.45, 7) is 1.58. The first-order valence-corrected chi connectivity index (χ1v) is 8.59. The van der Waals surface area contributed by atoms with E-state index in [4.69, 9.17) is 17.0 Å². The Balaban J connectivity index is 1.47. The highest BCUT2D eigenvalue weighted by atomic mass is 32.2. The molecule has 0 saturated carbocycles. The summed E-state index contributed by atoms with van der Waals surface area (Å²) in [4.78, 5) is 12.7. The molecule has 8 heteroatoms. The van der Waals surface area contributed by atoms with Gasteiger partial charge in [-0.3, -0.25) is 0 Å². The third kappa shape index (κ3) is 5.12. The molecule has 0 unspecified atom stereocenters. The molecule has 1 aliphatic heterocycles. The van der Waals surface area contributed by atoms with Gasteiger partial charge >= 0.3 is 0 Å². The van der Waals surface area contributed by atoms with E-state index in [0.717, 1.165) is 36.7 Å². The number of nitrogens with one attached hydrogen (secondary N) is 2. The Hall–Kier alpha value is -1.77. The van der Waals surface area contributed by atoms with Crippen LogP contribution < -0.4 is 10.6 Å². The van der Waals surface area contributed by atoms with E-state index in [9.17, 15) is 0 Å². The van der Waals surface area contributed by atoms with Crippen molar-refractivity contribution in [2.24, 2.45) is 0 Å². The van der Waals surface area contributed by atoms with E-state index in [2.05, 4.69) is 25.6 Å².